The third kappa shape index (κ3) is 7.07. The number of benzene rings is 1. The van der Waals surface area contributed by atoms with Crippen LogP contribution < -0.4 is 10.2 Å². The van der Waals surface area contributed by atoms with Crippen LogP contribution in [0.15, 0.2) is 30.5 Å². The average Bonchev–Trinajstić information content (AvgIpc) is 3.17. The molecule has 4 heterocycles. The van der Waals surface area contributed by atoms with Gasteiger partial charge in [-0.15, -0.1) is 24.8 Å². The Balaban J connectivity index is 0.00000242. The van der Waals surface area contributed by atoms with Crippen LogP contribution in [0.4, 0.5) is 14.5 Å². The maximum Gasteiger partial charge on any atom is 0.241 e. The van der Waals surface area contributed by atoms with Crippen LogP contribution in [0.2, 0.25) is 0 Å². The number of aliphatic hydroxyl groups is 1. The van der Waals surface area contributed by atoms with Gasteiger partial charge in [0.1, 0.15) is 17.7 Å². The molecule has 5 rings (SSSR count). The number of piperazine rings is 1. The number of anilines is 1. The van der Waals surface area contributed by atoms with Crippen molar-refractivity contribution < 1.29 is 23.4 Å². The Morgan fingerprint density at radius 2 is 1.86 bits per heavy atom. The molecule has 0 unspecified atom stereocenters. The van der Waals surface area contributed by atoms with Crippen molar-refractivity contribution in [1.82, 2.24) is 20.1 Å². The molecule has 2 aromatic rings. The topological polar surface area (TPSA) is 81.2 Å². The van der Waals surface area contributed by atoms with Gasteiger partial charge in [0.2, 0.25) is 5.91 Å². The van der Waals surface area contributed by atoms with Gasteiger partial charge in [-0.05, 0) is 32.9 Å². The molecule has 1 aromatic heterocycles. The van der Waals surface area contributed by atoms with Crippen molar-refractivity contribution in [3.8, 4) is 0 Å². The molecule has 8 nitrogen and oxygen atoms in total. The second-order valence-electron chi connectivity index (χ2n) is 12.4. The van der Waals surface area contributed by atoms with E-state index in [0.717, 1.165) is 37.5 Å². The molecule has 0 aliphatic carbocycles. The fraction of sp³-hybridized carbons (Fsp3) is 0.600. The number of aliphatic hydroxyl groups excluding tert-OH is 1. The number of hydrogen-bond acceptors (Lipinski definition) is 7. The van der Waals surface area contributed by atoms with Gasteiger partial charge in [-0.1, -0.05) is 19.9 Å². The van der Waals surface area contributed by atoms with E-state index >= 15 is 0 Å². The van der Waals surface area contributed by atoms with Gasteiger partial charge in [-0.25, -0.2) is 8.78 Å². The Labute approximate surface area is 259 Å². The third-order valence-corrected chi connectivity index (χ3v) is 8.58. The van der Waals surface area contributed by atoms with Gasteiger partial charge >= 0.3 is 0 Å². The largest absolute Gasteiger partial charge is 0.383 e. The minimum atomic E-state index is -1.34. The molecule has 0 spiro atoms. The fourth-order valence-electron chi connectivity index (χ4n) is 6.33. The summed E-state index contributed by atoms with van der Waals surface area (Å²) in [5.74, 6) is -1.57. The lowest BCUT2D eigenvalue weighted by molar-refractivity contribution is -0.121. The summed E-state index contributed by atoms with van der Waals surface area (Å²) >= 11 is 0. The molecular weight excluding hydrogens is 587 g/mol. The predicted molar refractivity (Wildman–Crippen MR) is 164 cm³/mol. The van der Waals surface area contributed by atoms with Crippen LogP contribution >= 0.6 is 24.8 Å². The van der Waals surface area contributed by atoms with Gasteiger partial charge in [-0.2, -0.15) is 0 Å². The number of carbonyl (C=O) groups is 1. The summed E-state index contributed by atoms with van der Waals surface area (Å²) < 4.78 is 33.6. The summed E-state index contributed by atoms with van der Waals surface area (Å²) in [4.78, 5) is 25.0. The van der Waals surface area contributed by atoms with E-state index in [4.69, 9.17) is 4.74 Å². The van der Waals surface area contributed by atoms with Crippen LogP contribution in [0.25, 0.3) is 0 Å². The highest BCUT2D eigenvalue weighted by Crippen LogP contribution is 2.41. The highest BCUT2D eigenvalue weighted by Gasteiger charge is 2.41. The van der Waals surface area contributed by atoms with Crippen LogP contribution in [0, 0.1) is 11.6 Å². The first-order chi connectivity index (χ1) is 18.9. The average molecular weight is 631 g/mol. The first kappa shape index (κ1) is 34.6. The van der Waals surface area contributed by atoms with E-state index in [1.54, 1.807) is 11.0 Å². The second kappa shape index (κ2) is 13.8. The molecule has 2 saturated heterocycles. The highest BCUT2D eigenvalue weighted by molar-refractivity contribution is 5.97. The third-order valence-electron chi connectivity index (χ3n) is 8.58. The van der Waals surface area contributed by atoms with E-state index in [0.29, 0.717) is 43.1 Å². The molecule has 2 fully saturated rings. The number of rotatable bonds is 6. The summed E-state index contributed by atoms with van der Waals surface area (Å²) in [7, 11) is 0. The van der Waals surface area contributed by atoms with Crippen molar-refractivity contribution >= 4 is 36.4 Å². The molecule has 2 N–H and O–H groups in total. The number of fused-ring (bicyclic) bond motifs is 1. The number of carbonyl (C=O) groups excluding carboxylic acids is 1. The van der Waals surface area contributed by atoms with Crippen LogP contribution in [0.3, 0.4) is 0 Å². The van der Waals surface area contributed by atoms with Gasteiger partial charge in [0.15, 0.2) is 0 Å². The minimum absolute atomic E-state index is 0. The molecule has 0 radical (unpaired) electrons. The SMILES string of the molecule is C[C@@H]1CN(CC(=O)N2CC(C)(C)c3ncc([C@H](O)c4ccc(F)cc4F)cc32)[C@@H](CN2[C@H](C)COC[C@H]2C)CN1.Cl.Cl. The number of nitrogens with zero attached hydrogens (tertiary/aromatic N) is 4. The van der Waals surface area contributed by atoms with E-state index in [2.05, 4.69) is 40.9 Å². The van der Waals surface area contributed by atoms with Crippen molar-refractivity contribution in [2.75, 3.05) is 50.8 Å². The van der Waals surface area contributed by atoms with Crippen LogP contribution in [0.5, 0.6) is 0 Å². The van der Waals surface area contributed by atoms with Crippen LogP contribution in [0.1, 0.15) is 57.5 Å². The number of hydrogen-bond donors (Lipinski definition) is 2. The molecular formula is C30H43Cl2F2N5O3. The zero-order valence-electron chi connectivity index (χ0n) is 24.8. The number of amides is 1. The van der Waals surface area contributed by atoms with Crippen LogP contribution in [-0.2, 0) is 14.9 Å². The lowest BCUT2D eigenvalue weighted by Gasteiger charge is -2.46. The standard InChI is InChI=1S/C30H41F2N5O3.2ClH/c1-18-12-35(23(11-33-18)13-36-19(2)15-40-16-20(36)3)14-27(38)37-17-30(4,5)29-26(37)8-21(10-34-29)28(39)24-7-6-22(31)9-25(24)32;;/h6-10,18-20,23,28,33,39H,11-17H2,1-5H3;2*1H/t18-,19-,20-,23-,28+;;/m1../s1. The molecule has 234 valence electrons. The maximum atomic E-state index is 14.4. The minimum Gasteiger partial charge on any atom is -0.383 e. The monoisotopic (exact) mass is 629 g/mol. The zero-order valence-corrected chi connectivity index (χ0v) is 26.5. The number of aromatic nitrogens is 1. The lowest BCUT2D eigenvalue weighted by atomic mass is 9.90. The van der Waals surface area contributed by atoms with Crippen molar-refractivity contribution in [3.63, 3.8) is 0 Å². The van der Waals surface area contributed by atoms with E-state index in [-0.39, 0.29) is 60.3 Å². The Morgan fingerprint density at radius 1 is 1.17 bits per heavy atom. The van der Waals surface area contributed by atoms with Crippen molar-refractivity contribution in [3.05, 3.63) is 58.9 Å². The van der Waals surface area contributed by atoms with E-state index in [1.807, 2.05) is 13.8 Å². The Bertz CT molecular complexity index is 1250. The van der Waals surface area contributed by atoms with Gasteiger partial charge in [0.25, 0.3) is 0 Å². The maximum absolute atomic E-state index is 14.4. The Kier molecular flexibility index (Phi) is 11.4. The quantitative estimate of drug-likeness (QED) is 0.505. The molecule has 3 aliphatic heterocycles. The summed E-state index contributed by atoms with van der Waals surface area (Å²) in [6.07, 6.45) is 0.177. The molecule has 42 heavy (non-hydrogen) atoms. The summed E-state index contributed by atoms with van der Waals surface area (Å²) in [5, 5.41) is 14.5. The molecule has 1 amide bonds. The van der Waals surface area contributed by atoms with Gasteiger partial charge < -0.3 is 20.1 Å². The number of pyridine rings is 1. The molecule has 0 bridgehead atoms. The summed E-state index contributed by atoms with van der Waals surface area (Å²) in [6, 6.07) is 5.88. The van der Waals surface area contributed by atoms with Gasteiger partial charge in [-0.3, -0.25) is 19.6 Å². The van der Waals surface area contributed by atoms with Gasteiger partial charge in [0.05, 0.1) is 31.1 Å². The molecule has 1 aromatic carbocycles. The fourth-order valence-corrected chi connectivity index (χ4v) is 6.33. The number of nitrogens with one attached hydrogen (secondary N) is 1. The number of ether oxygens (including phenoxy) is 1. The molecule has 3 aliphatic rings. The first-order valence-electron chi connectivity index (χ1n) is 14.2. The molecule has 12 heteroatoms. The van der Waals surface area contributed by atoms with Crippen molar-refractivity contribution in [2.45, 2.75) is 70.3 Å². The lowest BCUT2D eigenvalue weighted by Crippen LogP contribution is -2.63. The smallest absolute Gasteiger partial charge is 0.241 e. The summed E-state index contributed by atoms with van der Waals surface area (Å²) in [5.41, 5.74) is 1.32. The summed E-state index contributed by atoms with van der Waals surface area (Å²) in [6.45, 7) is 15.1. The molecule has 5 atom stereocenters. The van der Waals surface area contributed by atoms with E-state index in [9.17, 15) is 18.7 Å². The normalized spacial score (nSPS) is 26.6. The zero-order chi connectivity index (χ0) is 28.8. The number of morpholine rings is 1. The van der Waals surface area contributed by atoms with E-state index < -0.39 is 17.7 Å². The Hall–Kier alpha value is -1.92. The van der Waals surface area contributed by atoms with Gasteiger partial charge in [0, 0.05) is 79.2 Å². The number of halogens is 4. The van der Waals surface area contributed by atoms with Crippen molar-refractivity contribution in [1.29, 1.82) is 0 Å². The van der Waals surface area contributed by atoms with Crippen LogP contribution in [-0.4, -0.2) is 95.9 Å². The molecule has 0 saturated carbocycles. The first-order valence-corrected chi connectivity index (χ1v) is 14.2. The highest BCUT2D eigenvalue weighted by atomic mass is 35.5. The van der Waals surface area contributed by atoms with Crippen molar-refractivity contribution in [2.24, 2.45) is 0 Å². The van der Waals surface area contributed by atoms with E-state index in [1.165, 1.54) is 12.3 Å². The Morgan fingerprint density at radius 3 is 2.52 bits per heavy atom. The predicted octanol–water partition coefficient (Wildman–Crippen LogP) is 3.68. The second-order valence-corrected chi connectivity index (χ2v) is 12.4.